The summed E-state index contributed by atoms with van der Waals surface area (Å²) in [5.74, 6) is 1.23. The van der Waals surface area contributed by atoms with Gasteiger partial charge in [-0.05, 0) is 115 Å². The molecule has 0 bridgehead atoms. The first-order chi connectivity index (χ1) is 19.6. The molecule has 0 amide bonds. The molecule has 3 saturated carbocycles. The van der Waals surface area contributed by atoms with Crippen molar-refractivity contribution in [2.24, 2.45) is 28.6 Å². The smallest absolute Gasteiger partial charge is 0.192 e. The highest BCUT2D eigenvalue weighted by molar-refractivity contribution is 6.74. The molecule has 0 heterocycles. The van der Waals surface area contributed by atoms with Crippen LogP contribution in [0, 0.1) is 28.6 Å². The van der Waals surface area contributed by atoms with Gasteiger partial charge in [-0.15, -0.1) is 0 Å². The minimum Gasteiger partial charge on any atom is -0.414 e. The van der Waals surface area contributed by atoms with Crippen LogP contribution in [-0.4, -0.2) is 39.6 Å². The third-order valence-corrected chi connectivity index (χ3v) is 23.0. The van der Waals surface area contributed by atoms with Crippen LogP contribution in [0.25, 0.3) is 0 Å². The summed E-state index contributed by atoms with van der Waals surface area (Å²) in [4.78, 5) is 0. The minimum absolute atomic E-state index is 0.117. The molecule has 0 aliphatic heterocycles. The van der Waals surface area contributed by atoms with Crippen molar-refractivity contribution in [1.82, 2.24) is 0 Å². The van der Waals surface area contributed by atoms with E-state index >= 15 is 0 Å². The average molecular weight is 625 g/mol. The maximum absolute atomic E-state index is 13.1. The highest BCUT2D eigenvalue weighted by Crippen LogP contribution is 2.68. The largest absolute Gasteiger partial charge is 0.414 e. The fraction of sp³-hybridized carbons (Fsp3) is 0.789. The fourth-order valence-electron chi connectivity index (χ4n) is 9.26. The van der Waals surface area contributed by atoms with E-state index in [1.54, 1.807) is 0 Å². The van der Waals surface area contributed by atoms with Crippen LogP contribution in [0.1, 0.15) is 106 Å². The molecule has 4 aliphatic rings. The predicted molar refractivity (Wildman–Crippen MR) is 186 cm³/mol. The summed E-state index contributed by atoms with van der Waals surface area (Å²) >= 11 is 0. The Kier molecular flexibility index (Phi) is 8.55. The number of hydrogen-bond acceptors (Lipinski definition) is 3. The minimum atomic E-state index is -1.90. The van der Waals surface area contributed by atoms with Gasteiger partial charge in [0, 0.05) is 12.5 Å². The molecule has 5 heteroatoms. The highest BCUT2D eigenvalue weighted by Gasteiger charge is 2.65. The van der Waals surface area contributed by atoms with E-state index in [1.807, 2.05) is 0 Å². The van der Waals surface area contributed by atoms with E-state index in [1.165, 1.54) is 36.8 Å². The van der Waals surface area contributed by atoms with Gasteiger partial charge < -0.3 is 14.0 Å². The number of hydrogen-bond donors (Lipinski definition) is 1. The van der Waals surface area contributed by atoms with Gasteiger partial charge in [0.05, 0.1) is 11.7 Å². The van der Waals surface area contributed by atoms with Crippen LogP contribution in [0.15, 0.2) is 42.0 Å². The molecule has 1 N–H and O–H groups in total. The van der Waals surface area contributed by atoms with Crippen molar-refractivity contribution in [1.29, 1.82) is 0 Å². The van der Waals surface area contributed by atoms with Crippen molar-refractivity contribution in [2.75, 3.05) is 0 Å². The summed E-state index contributed by atoms with van der Waals surface area (Å²) in [6.45, 7) is 28.8. The topological polar surface area (TPSA) is 38.7 Å². The van der Waals surface area contributed by atoms with E-state index in [0.717, 1.165) is 19.3 Å². The van der Waals surface area contributed by atoms with E-state index in [4.69, 9.17) is 8.85 Å². The van der Waals surface area contributed by atoms with Crippen molar-refractivity contribution in [3.05, 3.63) is 47.5 Å². The number of rotatable bonds is 6. The first kappa shape index (κ1) is 33.6. The maximum atomic E-state index is 13.1. The van der Waals surface area contributed by atoms with E-state index in [2.05, 4.69) is 118 Å². The van der Waals surface area contributed by atoms with Crippen molar-refractivity contribution in [2.45, 2.75) is 161 Å². The van der Waals surface area contributed by atoms with E-state index < -0.39 is 22.2 Å². The molecule has 43 heavy (non-hydrogen) atoms. The van der Waals surface area contributed by atoms with Crippen LogP contribution < -0.4 is 0 Å². The van der Waals surface area contributed by atoms with Crippen LogP contribution in [0.5, 0.6) is 0 Å². The van der Waals surface area contributed by atoms with Crippen molar-refractivity contribution in [3.8, 4) is 0 Å². The molecule has 0 saturated heterocycles. The second kappa shape index (κ2) is 10.9. The monoisotopic (exact) mass is 624 g/mol. The molecule has 0 unspecified atom stereocenters. The second-order valence-corrected chi connectivity index (χ2v) is 28.2. The van der Waals surface area contributed by atoms with Crippen LogP contribution in [0.3, 0.4) is 0 Å². The van der Waals surface area contributed by atoms with Crippen LogP contribution in [-0.2, 0) is 15.3 Å². The van der Waals surface area contributed by atoms with E-state index in [9.17, 15) is 5.11 Å². The Morgan fingerprint density at radius 1 is 0.791 bits per heavy atom. The van der Waals surface area contributed by atoms with Crippen LogP contribution in [0.4, 0.5) is 0 Å². The SMILES string of the molecule is CC(C)(C)[Si](C)(C)O[C@H]1CC[C@@]2(C)C(=C[C@@](O)(Cc3ccccc3)[C@H]3[C@@H]4CC[C@H](O[Si](C)(C)C(C)(C)C)[C@@]4(C)CC[C@@H]32)C1. The Morgan fingerprint density at radius 3 is 2.00 bits per heavy atom. The molecule has 5 rings (SSSR count). The molecule has 3 nitrogen and oxygen atoms in total. The third-order valence-electron chi connectivity index (χ3n) is 14.0. The molecule has 0 aromatic heterocycles. The first-order valence-electron chi connectivity index (χ1n) is 17.5. The average Bonchev–Trinajstić information content (AvgIpc) is 3.19. The number of benzene rings is 1. The molecule has 3 fully saturated rings. The molecule has 4 aliphatic carbocycles. The van der Waals surface area contributed by atoms with Crippen LogP contribution in [0.2, 0.25) is 36.3 Å². The van der Waals surface area contributed by atoms with Crippen molar-refractivity contribution in [3.63, 3.8) is 0 Å². The summed E-state index contributed by atoms with van der Waals surface area (Å²) in [7, 11) is -3.78. The van der Waals surface area contributed by atoms with E-state index in [-0.39, 0.29) is 32.9 Å². The van der Waals surface area contributed by atoms with Gasteiger partial charge in [-0.2, -0.15) is 0 Å². The zero-order valence-corrected chi connectivity index (χ0v) is 31.8. The van der Waals surface area contributed by atoms with Crippen molar-refractivity contribution < 1.29 is 14.0 Å². The summed E-state index contributed by atoms with van der Waals surface area (Å²) < 4.78 is 14.3. The summed E-state index contributed by atoms with van der Waals surface area (Å²) in [5.41, 5.74) is 2.13. The summed E-state index contributed by atoms with van der Waals surface area (Å²) in [5, 5.41) is 13.5. The number of fused-ring (bicyclic) bond motifs is 5. The second-order valence-electron chi connectivity index (χ2n) is 18.7. The molecule has 0 radical (unpaired) electrons. The van der Waals surface area contributed by atoms with Gasteiger partial charge >= 0.3 is 0 Å². The lowest BCUT2D eigenvalue weighted by atomic mass is 9.44. The molecule has 8 atom stereocenters. The van der Waals surface area contributed by atoms with Gasteiger partial charge in [0.1, 0.15) is 0 Å². The van der Waals surface area contributed by atoms with Gasteiger partial charge in [-0.3, -0.25) is 0 Å². The van der Waals surface area contributed by atoms with Gasteiger partial charge in [-0.25, -0.2) is 0 Å². The molecule has 242 valence electrons. The highest BCUT2D eigenvalue weighted by atomic mass is 28.4. The Morgan fingerprint density at radius 2 is 1.40 bits per heavy atom. The molecule has 1 aromatic rings. The zero-order chi connectivity index (χ0) is 31.9. The lowest BCUT2D eigenvalue weighted by molar-refractivity contribution is -0.143. The molecular formula is C38H64O3Si2. The third kappa shape index (κ3) is 5.86. The molecule has 1 aromatic carbocycles. The zero-order valence-electron chi connectivity index (χ0n) is 29.8. The maximum Gasteiger partial charge on any atom is 0.192 e. The lowest BCUT2D eigenvalue weighted by Crippen LogP contribution is -2.61. The summed E-state index contributed by atoms with van der Waals surface area (Å²) in [6.07, 6.45) is 11.7. The molecular weight excluding hydrogens is 561 g/mol. The summed E-state index contributed by atoms with van der Waals surface area (Å²) in [6, 6.07) is 10.8. The van der Waals surface area contributed by atoms with Crippen molar-refractivity contribution >= 4 is 16.6 Å². The first-order valence-corrected chi connectivity index (χ1v) is 23.3. The fourth-order valence-corrected chi connectivity index (χ4v) is 12.1. The standard InChI is InChI=1S/C38H64O3Si2/c1-34(2,3)42(9,10)40-29-20-22-36(7)28(24-29)26-38(39,25-27-16-14-13-15-17-27)33-30-18-19-32(37(30,8)23-21-31(33)36)41-43(11,12)35(4,5)6/h13-17,26,29-33,39H,18-25H2,1-12H3/t29-,30-,31-,32-,33-,36-,37-,38-/m0/s1. The van der Waals surface area contributed by atoms with Gasteiger partial charge in [0.15, 0.2) is 16.6 Å². The number of aliphatic hydroxyl groups is 1. The Hall–Kier alpha value is -0.726. The van der Waals surface area contributed by atoms with E-state index in [0.29, 0.717) is 24.4 Å². The lowest BCUT2D eigenvalue weighted by Gasteiger charge is -2.62. The Balaban J connectivity index is 1.52. The Labute approximate surface area is 266 Å². The molecule has 0 spiro atoms. The van der Waals surface area contributed by atoms with Gasteiger partial charge in [0.25, 0.3) is 0 Å². The van der Waals surface area contributed by atoms with Crippen LogP contribution >= 0.6 is 0 Å². The quantitative estimate of drug-likeness (QED) is 0.253. The predicted octanol–water partition coefficient (Wildman–Crippen LogP) is 10.3. The Bertz CT molecular complexity index is 1190. The van der Waals surface area contributed by atoms with Gasteiger partial charge in [-0.1, -0.05) is 97.4 Å². The normalized spacial score (nSPS) is 38.6. The van der Waals surface area contributed by atoms with Gasteiger partial charge in [0.2, 0.25) is 0 Å².